The summed E-state index contributed by atoms with van der Waals surface area (Å²) >= 11 is 10.4. The normalized spacial score (nSPS) is 12.8. The molecule has 0 aromatic rings. The third kappa shape index (κ3) is 249. The maximum Gasteiger partial charge on any atom is 0 e. The van der Waals surface area contributed by atoms with E-state index >= 15 is 0 Å². The van der Waals surface area contributed by atoms with Gasteiger partial charge in [-0.1, -0.05) is 31.4 Å². The van der Waals surface area contributed by atoms with Crippen molar-refractivity contribution in [3.8, 4) is 0 Å². The van der Waals surface area contributed by atoms with Gasteiger partial charge in [-0.05, 0) is 0 Å². The Labute approximate surface area is 364 Å². The van der Waals surface area contributed by atoms with Crippen molar-refractivity contribution < 1.29 is 116 Å². The summed E-state index contributed by atoms with van der Waals surface area (Å²) in [5.74, 6) is 0. The fraction of sp³-hybridized carbons (Fsp3) is 0.846. The van der Waals surface area contributed by atoms with Crippen molar-refractivity contribution in [1.82, 2.24) is 0 Å². The number of nitrogens with zero attached hydrogens (tertiary/aromatic N) is 2. The maximum absolute atomic E-state index is 4.83. The fourth-order valence-electron chi connectivity index (χ4n) is 1.11. The van der Waals surface area contributed by atoms with E-state index in [9.17, 15) is 0 Å². The quantitative estimate of drug-likeness (QED) is 0.219. The molecule has 2 heterocycles. The van der Waals surface area contributed by atoms with E-state index in [4.69, 9.17) is 16.5 Å². The largest absolute Gasteiger partial charge is 0 e. The molecule has 0 saturated carbocycles. The predicted molar refractivity (Wildman–Crippen MR) is 175 cm³/mol. The third-order valence-electron chi connectivity index (χ3n) is 1.78. The van der Waals surface area contributed by atoms with E-state index in [1.165, 1.54) is 19.3 Å². The first-order valence-corrected chi connectivity index (χ1v) is 44.5. The molecule has 230 valence electrons. The first-order chi connectivity index (χ1) is 17.4. The van der Waals surface area contributed by atoms with E-state index < -0.39 is 22.1 Å². The van der Waals surface area contributed by atoms with Gasteiger partial charge < -0.3 is 10.6 Å². The molecule has 1 saturated heterocycles. The van der Waals surface area contributed by atoms with Crippen molar-refractivity contribution in [3.63, 3.8) is 0 Å². The molecule has 0 bridgehead atoms. The van der Waals surface area contributed by atoms with Crippen molar-refractivity contribution in [1.29, 1.82) is 0 Å². The Kier molecular flexibility index (Phi) is 76.6. The van der Waals surface area contributed by atoms with Gasteiger partial charge in [0.25, 0.3) is 0 Å². The SMILES string of the molecule is C1=CC[N-]C=C1.C1CC[N-]CC1.CC(C)(C)[SeH].CC(C)(C)[SeH].CC(C)(C)[SeH].CC(C)(C)[SeH].[ClH+][Hg][ClH+].[Cl][Hg+].[Cl][Hg+].[Hg]. The van der Waals surface area contributed by atoms with Crippen LogP contribution in [-0.4, -0.2) is 83.7 Å². The van der Waals surface area contributed by atoms with Gasteiger partial charge in [0, 0.05) is 27.7 Å². The third-order valence-corrected chi connectivity index (χ3v) is 1.78. The zero-order valence-corrected chi connectivity index (χ0v) is 60.3. The number of hydrogen-bond donors (Lipinski definition) is 0. The van der Waals surface area contributed by atoms with E-state index in [0.29, 0.717) is 67.0 Å². The van der Waals surface area contributed by atoms with Gasteiger partial charge in [0.15, 0.2) is 0 Å². The smallest absolute Gasteiger partial charge is 0 e. The summed E-state index contributed by atoms with van der Waals surface area (Å²) in [4.78, 5) is 0. The predicted octanol–water partition coefficient (Wildman–Crippen LogP) is 8.24. The molecular weight excluding hydrogens is 1600 g/mol. The van der Waals surface area contributed by atoms with Crippen LogP contribution in [0.15, 0.2) is 24.4 Å². The molecule has 40 heavy (non-hydrogen) atoms. The molecule has 1 fully saturated rings. The van der Waals surface area contributed by atoms with Gasteiger partial charge >= 0.3 is 269 Å². The van der Waals surface area contributed by atoms with Gasteiger partial charge in [0.2, 0.25) is 0 Å². The summed E-state index contributed by atoms with van der Waals surface area (Å²) in [6.07, 6.45) is 11.8. The van der Waals surface area contributed by atoms with Crippen molar-refractivity contribution in [3.05, 3.63) is 35.1 Å². The zero-order valence-electron chi connectivity index (χ0n) is 27.6. The van der Waals surface area contributed by atoms with Crippen LogP contribution in [0.4, 0.5) is 0 Å². The first-order valence-electron chi connectivity index (χ1n) is 12.6. The Morgan fingerprint density at radius 3 is 0.925 bits per heavy atom. The van der Waals surface area contributed by atoms with Gasteiger partial charge in [0.1, 0.15) is 0 Å². The summed E-state index contributed by atoms with van der Waals surface area (Å²) in [6, 6.07) is 0. The number of rotatable bonds is 0. The minimum Gasteiger partial charge on any atom is 0 e. The summed E-state index contributed by atoms with van der Waals surface area (Å²) in [7, 11) is 18.5. The van der Waals surface area contributed by atoms with E-state index in [0.717, 1.165) is 19.6 Å². The van der Waals surface area contributed by atoms with Crippen LogP contribution in [0.5, 0.6) is 0 Å². The number of halogens is 4. The second-order valence-corrected chi connectivity index (χ2v) is 32.1. The molecule has 0 aliphatic carbocycles. The molecule has 2 nitrogen and oxygen atoms in total. The second-order valence-electron chi connectivity index (χ2n) is 11.7. The van der Waals surface area contributed by atoms with Crippen LogP contribution in [0.3, 0.4) is 0 Å². The molecule has 0 unspecified atom stereocenters. The summed E-state index contributed by atoms with van der Waals surface area (Å²) in [5.41, 5.74) is 0. The molecule has 2 rings (SSSR count). The Morgan fingerprint density at radius 2 is 0.875 bits per heavy atom. The van der Waals surface area contributed by atoms with Crippen molar-refractivity contribution in [2.24, 2.45) is 0 Å². The summed E-state index contributed by atoms with van der Waals surface area (Å²) < 4.78 is 1.75. The Bertz CT molecular complexity index is 386. The monoisotopic (exact) mass is 1670 g/mol. The van der Waals surface area contributed by atoms with E-state index in [-0.39, 0.29) is 27.7 Å². The number of allylic oxidation sites excluding steroid dienone is 2. The Balaban J connectivity index is -0.0000000489. The molecule has 0 radical (unpaired) electrons. The Morgan fingerprint density at radius 1 is 0.625 bits per heavy atom. The van der Waals surface area contributed by atoms with Gasteiger partial charge in [0.05, 0.1) is 0 Å². The van der Waals surface area contributed by atoms with E-state index in [1.54, 1.807) is 6.20 Å². The minimum atomic E-state index is -0.917. The number of piperidine rings is 1. The van der Waals surface area contributed by atoms with Crippen molar-refractivity contribution in [2.75, 3.05) is 19.6 Å². The van der Waals surface area contributed by atoms with Crippen LogP contribution in [-0.2, 0) is 99.5 Å². The average molecular weight is 1660 g/mol. The summed E-state index contributed by atoms with van der Waals surface area (Å²) in [5, 5.41) is 8.09. The molecule has 2 aliphatic rings. The first kappa shape index (κ1) is 64.7. The van der Waals surface area contributed by atoms with Crippen molar-refractivity contribution in [2.45, 2.75) is 120 Å². The minimum absolute atomic E-state index is 0. The zero-order chi connectivity index (χ0) is 33.2. The maximum atomic E-state index is 4.83. The van der Waals surface area contributed by atoms with Crippen LogP contribution in [0.2, 0.25) is 17.3 Å². The van der Waals surface area contributed by atoms with E-state index in [1.807, 2.05) is 18.2 Å². The van der Waals surface area contributed by atoms with Crippen LogP contribution in [0.1, 0.15) is 102 Å². The standard InChI is InChI=1S/C5H10N.C5H6N.4C4H10Se.4ClH.4Hg/c2*1-2-4-6-5-3-1;4*1-4(2,3)5;;;;;;;;/h1-5H2;1-4H,5H2;4*5H,1-3H3;4*1H;;;;/q2*-1;;;;;;;;;;3*+2/p-2. The topological polar surface area (TPSA) is 28.2 Å². The Hall–Kier alpha value is 6.22. The molecule has 0 spiro atoms. The molecule has 0 amide bonds. The van der Waals surface area contributed by atoms with Gasteiger partial charge in [-0.2, -0.15) is 6.20 Å². The van der Waals surface area contributed by atoms with Crippen molar-refractivity contribution >= 4 is 80.5 Å². The molecular formula is C26H58Cl4Hg4N2Se4+2. The molecule has 0 atom stereocenters. The molecule has 0 aromatic carbocycles. The average Bonchev–Trinajstić information content (AvgIpc) is 2.75. The van der Waals surface area contributed by atoms with Crippen LogP contribution >= 0.6 is 16.5 Å². The van der Waals surface area contributed by atoms with Gasteiger partial charge in [-0.15, -0.1) is 25.7 Å². The van der Waals surface area contributed by atoms with Gasteiger partial charge in [-0.3, -0.25) is 0 Å². The van der Waals surface area contributed by atoms with Crippen LogP contribution in [0.25, 0.3) is 10.6 Å². The molecule has 14 heteroatoms. The van der Waals surface area contributed by atoms with E-state index in [2.05, 4.69) is 174 Å². The van der Waals surface area contributed by atoms with Crippen LogP contribution in [0, 0.1) is 16.5 Å². The van der Waals surface area contributed by atoms with Crippen LogP contribution < -0.4 is 0 Å². The number of hydrogen-bond acceptors (Lipinski definition) is 0. The fourth-order valence-corrected chi connectivity index (χ4v) is 1.11. The second kappa shape index (κ2) is 47.3. The molecule has 0 aromatic heterocycles. The summed E-state index contributed by atoms with van der Waals surface area (Å²) in [6.45, 7) is 29.0. The molecule has 2 aliphatic heterocycles. The molecule has 0 N–H and O–H groups in total. The van der Waals surface area contributed by atoms with Gasteiger partial charge in [-0.25, -0.2) is 0 Å².